The summed E-state index contributed by atoms with van der Waals surface area (Å²) >= 11 is 0. The number of benzene rings is 3. The maximum Gasteiger partial charge on any atom is 0.258 e. The van der Waals surface area contributed by atoms with Gasteiger partial charge in [-0.05, 0) is 59.7 Å². The van der Waals surface area contributed by atoms with E-state index in [1.54, 1.807) is 47.6 Å². The van der Waals surface area contributed by atoms with Crippen LogP contribution in [0.3, 0.4) is 0 Å². The number of rotatable bonds is 8. The van der Waals surface area contributed by atoms with E-state index in [1.807, 2.05) is 42.5 Å². The van der Waals surface area contributed by atoms with Gasteiger partial charge in [-0.2, -0.15) is 0 Å². The van der Waals surface area contributed by atoms with Crippen LogP contribution >= 0.6 is 0 Å². The highest BCUT2D eigenvalue weighted by Crippen LogP contribution is 2.22. The number of carbonyl (C=O) groups is 2. The van der Waals surface area contributed by atoms with E-state index >= 15 is 0 Å². The van der Waals surface area contributed by atoms with Gasteiger partial charge in [-0.3, -0.25) is 9.59 Å². The normalized spacial score (nSPS) is 10.6. The molecule has 0 radical (unpaired) electrons. The first-order chi connectivity index (χ1) is 16.1. The smallest absolute Gasteiger partial charge is 0.258 e. The van der Waals surface area contributed by atoms with Crippen LogP contribution in [-0.4, -0.2) is 11.8 Å². The number of hydrogen-bond acceptors (Lipinski definition) is 3. The van der Waals surface area contributed by atoms with E-state index in [9.17, 15) is 14.0 Å². The Hall–Kier alpha value is -4.19. The number of nitrogens with zero attached hydrogens (tertiary/aromatic N) is 1. The summed E-state index contributed by atoms with van der Waals surface area (Å²) in [7, 11) is 0. The van der Waals surface area contributed by atoms with E-state index in [0.717, 1.165) is 11.1 Å². The Bertz CT molecular complexity index is 1190. The highest BCUT2D eigenvalue weighted by molar-refractivity contribution is 6.06. The Morgan fingerprint density at radius 2 is 1.52 bits per heavy atom. The van der Waals surface area contributed by atoms with Crippen molar-refractivity contribution >= 4 is 17.5 Å². The standard InChI is InChI=1S/C27H23FN2O3/c28-23-12-8-21(9-13-23)19-30(27(32)22-5-2-1-3-6-22)24-14-10-20(11-15-24)17-26(31)29-18-25-7-4-16-33-25/h1-16H,17-19H2,(H,29,31). The van der Waals surface area contributed by atoms with Gasteiger partial charge in [0.05, 0.1) is 25.8 Å². The second kappa shape index (κ2) is 10.4. The zero-order valence-electron chi connectivity index (χ0n) is 17.9. The molecule has 33 heavy (non-hydrogen) atoms. The predicted molar refractivity (Wildman–Crippen MR) is 124 cm³/mol. The zero-order valence-corrected chi connectivity index (χ0v) is 17.9. The van der Waals surface area contributed by atoms with Crippen LogP contribution in [-0.2, 0) is 24.3 Å². The lowest BCUT2D eigenvalue weighted by Gasteiger charge is -2.23. The van der Waals surface area contributed by atoms with Crippen LogP contribution in [0.2, 0.25) is 0 Å². The van der Waals surface area contributed by atoms with Crippen molar-refractivity contribution in [3.63, 3.8) is 0 Å². The Morgan fingerprint density at radius 1 is 0.818 bits per heavy atom. The third-order valence-corrected chi connectivity index (χ3v) is 5.17. The number of amides is 2. The van der Waals surface area contributed by atoms with Crippen LogP contribution in [0.1, 0.15) is 27.2 Å². The highest BCUT2D eigenvalue weighted by Gasteiger charge is 2.18. The molecule has 1 heterocycles. The summed E-state index contributed by atoms with van der Waals surface area (Å²) in [4.78, 5) is 27.1. The van der Waals surface area contributed by atoms with E-state index in [1.165, 1.54) is 12.1 Å². The van der Waals surface area contributed by atoms with E-state index in [2.05, 4.69) is 5.32 Å². The molecule has 0 atom stereocenters. The molecule has 0 fully saturated rings. The molecule has 5 nitrogen and oxygen atoms in total. The number of carbonyl (C=O) groups excluding carboxylic acids is 2. The van der Waals surface area contributed by atoms with Gasteiger partial charge in [-0.25, -0.2) is 4.39 Å². The predicted octanol–water partition coefficient (Wildman–Crippen LogP) is 5.12. The SMILES string of the molecule is O=C(Cc1ccc(N(Cc2ccc(F)cc2)C(=O)c2ccccc2)cc1)NCc1ccco1. The lowest BCUT2D eigenvalue weighted by Crippen LogP contribution is -2.30. The minimum atomic E-state index is -0.325. The molecule has 0 saturated carbocycles. The van der Waals surface area contributed by atoms with Gasteiger partial charge < -0.3 is 14.6 Å². The molecule has 166 valence electrons. The Labute approximate surface area is 191 Å². The Morgan fingerprint density at radius 3 is 2.18 bits per heavy atom. The molecular weight excluding hydrogens is 419 g/mol. The molecule has 0 aliphatic heterocycles. The third-order valence-electron chi connectivity index (χ3n) is 5.17. The molecule has 2 amide bonds. The van der Waals surface area contributed by atoms with Crippen LogP contribution < -0.4 is 10.2 Å². The van der Waals surface area contributed by atoms with Gasteiger partial charge in [0.25, 0.3) is 5.91 Å². The summed E-state index contributed by atoms with van der Waals surface area (Å²) in [5.74, 6) is 0.0791. The summed E-state index contributed by atoms with van der Waals surface area (Å²) in [5, 5.41) is 2.82. The molecule has 1 aromatic heterocycles. The number of halogens is 1. The molecule has 0 unspecified atom stereocenters. The van der Waals surface area contributed by atoms with Crippen molar-refractivity contribution in [3.05, 3.63) is 126 Å². The molecule has 0 aliphatic carbocycles. The average molecular weight is 442 g/mol. The van der Waals surface area contributed by atoms with Crippen molar-refractivity contribution < 1.29 is 18.4 Å². The first kappa shape index (κ1) is 22.0. The summed E-state index contributed by atoms with van der Waals surface area (Å²) in [6, 6.07) is 26.0. The molecule has 0 spiro atoms. The van der Waals surface area contributed by atoms with Crippen LogP contribution in [0.15, 0.2) is 102 Å². The number of anilines is 1. The second-order valence-corrected chi connectivity index (χ2v) is 7.58. The van der Waals surface area contributed by atoms with E-state index < -0.39 is 0 Å². The topological polar surface area (TPSA) is 62.6 Å². The highest BCUT2D eigenvalue weighted by atomic mass is 19.1. The number of nitrogens with one attached hydrogen (secondary N) is 1. The van der Waals surface area contributed by atoms with E-state index in [4.69, 9.17) is 4.42 Å². The van der Waals surface area contributed by atoms with E-state index in [-0.39, 0.29) is 30.6 Å². The summed E-state index contributed by atoms with van der Waals surface area (Å²) in [6.45, 7) is 0.623. The summed E-state index contributed by atoms with van der Waals surface area (Å²) in [5.41, 5.74) is 2.88. The van der Waals surface area contributed by atoms with Gasteiger partial charge in [0, 0.05) is 11.3 Å². The second-order valence-electron chi connectivity index (χ2n) is 7.58. The fourth-order valence-corrected chi connectivity index (χ4v) is 3.43. The third kappa shape index (κ3) is 5.95. The minimum Gasteiger partial charge on any atom is -0.467 e. The van der Waals surface area contributed by atoms with Gasteiger partial charge in [-0.15, -0.1) is 0 Å². The largest absolute Gasteiger partial charge is 0.467 e. The van der Waals surface area contributed by atoms with Crippen LogP contribution in [0, 0.1) is 5.82 Å². The molecule has 6 heteroatoms. The maximum atomic E-state index is 13.3. The Kier molecular flexibility index (Phi) is 6.95. The maximum absolute atomic E-state index is 13.3. The van der Waals surface area contributed by atoms with Gasteiger partial charge in [-0.1, -0.05) is 42.5 Å². The zero-order chi connectivity index (χ0) is 23.0. The molecule has 1 N–H and O–H groups in total. The number of furan rings is 1. The first-order valence-electron chi connectivity index (χ1n) is 10.6. The monoisotopic (exact) mass is 442 g/mol. The Balaban J connectivity index is 1.49. The average Bonchev–Trinajstić information content (AvgIpc) is 3.37. The molecule has 0 saturated heterocycles. The van der Waals surface area contributed by atoms with Crippen molar-refractivity contribution in [3.8, 4) is 0 Å². The molecule has 0 bridgehead atoms. The van der Waals surface area contributed by atoms with Crippen molar-refractivity contribution in [2.75, 3.05) is 4.90 Å². The van der Waals surface area contributed by atoms with Gasteiger partial charge in [0.1, 0.15) is 11.6 Å². The first-order valence-corrected chi connectivity index (χ1v) is 10.6. The van der Waals surface area contributed by atoms with E-state index in [0.29, 0.717) is 23.6 Å². The lowest BCUT2D eigenvalue weighted by molar-refractivity contribution is -0.120. The number of hydrogen-bond donors (Lipinski definition) is 1. The summed E-state index contributed by atoms with van der Waals surface area (Å²) < 4.78 is 18.6. The van der Waals surface area contributed by atoms with Gasteiger partial charge in [0.2, 0.25) is 5.91 Å². The lowest BCUT2D eigenvalue weighted by atomic mass is 10.1. The van der Waals surface area contributed by atoms with Crippen molar-refractivity contribution in [2.45, 2.75) is 19.5 Å². The fraction of sp³-hybridized carbons (Fsp3) is 0.111. The van der Waals surface area contributed by atoms with Crippen LogP contribution in [0.5, 0.6) is 0 Å². The van der Waals surface area contributed by atoms with Gasteiger partial charge >= 0.3 is 0 Å². The van der Waals surface area contributed by atoms with Crippen molar-refractivity contribution in [1.29, 1.82) is 0 Å². The van der Waals surface area contributed by atoms with Crippen molar-refractivity contribution in [1.82, 2.24) is 5.32 Å². The molecule has 4 aromatic rings. The minimum absolute atomic E-state index is 0.123. The van der Waals surface area contributed by atoms with Crippen LogP contribution in [0.25, 0.3) is 0 Å². The molecule has 4 rings (SSSR count). The molecule has 3 aromatic carbocycles. The fourth-order valence-electron chi connectivity index (χ4n) is 3.43. The van der Waals surface area contributed by atoms with Gasteiger partial charge in [0.15, 0.2) is 0 Å². The quantitative estimate of drug-likeness (QED) is 0.412. The molecular formula is C27H23FN2O3. The molecule has 0 aliphatic rings. The van der Waals surface area contributed by atoms with Crippen molar-refractivity contribution in [2.24, 2.45) is 0 Å². The van der Waals surface area contributed by atoms with Crippen LogP contribution in [0.4, 0.5) is 10.1 Å². The summed E-state index contributed by atoms with van der Waals surface area (Å²) in [6.07, 6.45) is 1.78.